The summed E-state index contributed by atoms with van der Waals surface area (Å²) in [6.45, 7) is 3.85. The maximum Gasteiger partial charge on any atom is 0.222 e. The second kappa shape index (κ2) is 9.22. The van der Waals surface area contributed by atoms with Crippen molar-refractivity contribution in [1.29, 1.82) is 0 Å². The highest BCUT2D eigenvalue weighted by Crippen LogP contribution is 2.26. The summed E-state index contributed by atoms with van der Waals surface area (Å²) in [5.41, 5.74) is 7.76. The molecule has 3 N–H and O–H groups in total. The van der Waals surface area contributed by atoms with Gasteiger partial charge in [0.05, 0.1) is 12.5 Å². The van der Waals surface area contributed by atoms with E-state index in [1.807, 2.05) is 48.5 Å². The summed E-state index contributed by atoms with van der Waals surface area (Å²) >= 11 is 6.09. The molecule has 2 unspecified atom stereocenters. The average molecular weight is 388 g/mol. The van der Waals surface area contributed by atoms with E-state index in [9.17, 15) is 9.90 Å². The molecule has 1 amide bonds. The van der Waals surface area contributed by atoms with Gasteiger partial charge in [-0.05, 0) is 23.8 Å². The molecule has 1 aliphatic rings. The molecule has 1 heterocycles. The van der Waals surface area contributed by atoms with Gasteiger partial charge in [-0.1, -0.05) is 48.0 Å². The van der Waals surface area contributed by atoms with Gasteiger partial charge in [-0.25, -0.2) is 0 Å². The van der Waals surface area contributed by atoms with Crippen LogP contribution in [0.3, 0.4) is 0 Å². The summed E-state index contributed by atoms with van der Waals surface area (Å²) in [6.07, 6.45) is 0. The second-order valence-corrected chi connectivity index (χ2v) is 7.41. The number of hydrogen-bond donors (Lipinski definition) is 2. The van der Waals surface area contributed by atoms with Crippen LogP contribution in [0.1, 0.15) is 11.5 Å². The molecule has 27 heavy (non-hydrogen) atoms. The van der Waals surface area contributed by atoms with Crippen LogP contribution in [-0.2, 0) is 4.79 Å². The lowest BCUT2D eigenvalue weighted by Crippen LogP contribution is -2.50. The quantitative estimate of drug-likeness (QED) is 0.765. The van der Waals surface area contributed by atoms with Crippen LogP contribution in [0.2, 0.25) is 5.02 Å². The first-order valence-corrected chi connectivity index (χ1v) is 9.64. The van der Waals surface area contributed by atoms with Crippen molar-refractivity contribution in [2.45, 2.75) is 5.92 Å². The Hall–Kier alpha value is -2.08. The number of aliphatic hydroxyl groups excluding tert-OH is 1. The SMILES string of the molecule is NC(=O)C(CN1CCN(c2cccc(Cl)c2)CC1)C(CO)c1ccccc1. The van der Waals surface area contributed by atoms with E-state index in [1.165, 1.54) is 0 Å². The normalized spacial score (nSPS) is 17.5. The summed E-state index contributed by atoms with van der Waals surface area (Å²) in [5, 5.41) is 10.6. The fourth-order valence-electron chi connectivity index (χ4n) is 3.72. The van der Waals surface area contributed by atoms with E-state index in [1.54, 1.807) is 0 Å². The standard InChI is InChI=1S/C21H26ClN3O2/c22-17-7-4-8-18(13-17)25-11-9-24(10-12-25)14-19(21(23)27)20(15-26)16-5-2-1-3-6-16/h1-8,13,19-20,26H,9-12,14-15H2,(H2,23,27). The molecule has 2 aromatic carbocycles. The van der Waals surface area contributed by atoms with Crippen molar-refractivity contribution in [1.82, 2.24) is 4.90 Å². The van der Waals surface area contributed by atoms with Crippen molar-refractivity contribution in [3.05, 3.63) is 65.2 Å². The molecule has 1 saturated heterocycles. The predicted molar refractivity (Wildman–Crippen MR) is 109 cm³/mol. The first kappa shape index (κ1) is 19.7. The molecule has 0 radical (unpaired) electrons. The molecule has 3 rings (SSSR count). The fraction of sp³-hybridized carbons (Fsp3) is 0.381. The van der Waals surface area contributed by atoms with Crippen LogP contribution in [-0.4, -0.2) is 55.2 Å². The lowest BCUT2D eigenvalue weighted by molar-refractivity contribution is -0.123. The van der Waals surface area contributed by atoms with Crippen molar-refractivity contribution in [3.63, 3.8) is 0 Å². The molecular formula is C21H26ClN3O2. The molecule has 6 heteroatoms. The lowest BCUT2D eigenvalue weighted by Gasteiger charge is -2.38. The Morgan fingerprint density at radius 2 is 1.78 bits per heavy atom. The highest BCUT2D eigenvalue weighted by molar-refractivity contribution is 6.30. The molecule has 0 aliphatic carbocycles. The van der Waals surface area contributed by atoms with E-state index in [0.717, 1.165) is 42.5 Å². The Morgan fingerprint density at radius 1 is 1.07 bits per heavy atom. The topological polar surface area (TPSA) is 69.8 Å². The third-order valence-electron chi connectivity index (χ3n) is 5.28. The minimum absolute atomic E-state index is 0.0971. The van der Waals surface area contributed by atoms with Gasteiger partial charge in [-0.2, -0.15) is 0 Å². The van der Waals surface area contributed by atoms with E-state index < -0.39 is 5.92 Å². The van der Waals surface area contributed by atoms with Gasteiger partial charge < -0.3 is 15.7 Å². The number of rotatable bonds is 7. The summed E-state index contributed by atoms with van der Waals surface area (Å²) in [5.74, 6) is -1.07. The number of nitrogens with zero attached hydrogens (tertiary/aromatic N) is 2. The third kappa shape index (κ3) is 5.01. The molecule has 0 aromatic heterocycles. The minimum atomic E-state index is -0.421. The molecule has 5 nitrogen and oxygen atoms in total. The van der Waals surface area contributed by atoms with Crippen LogP contribution in [0.15, 0.2) is 54.6 Å². The monoisotopic (exact) mass is 387 g/mol. The maximum absolute atomic E-state index is 12.1. The molecule has 1 fully saturated rings. The van der Waals surface area contributed by atoms with E-state index in [4.69, 9.17) is 17.3 Å². The minimum Gasteiger partial charge on any atom is -0.396 e. The van der Waals surface area contributed by atoms with Gasteiger partial charge in [-0.3, -0.25) is 9.69 Å². The fourth-order valence-corrected chi connectivity index (χ4v) is 3.90. The maximum atomic E-state index is 12.1. The molecule has 144 valence electrons. The number of carbonyl (C=O) groups excluding carboxylic acids is 1. The Bertz CT molecular complexity index is 748. The molecular weight excluding hydrogens is 362 g/mol. The van der Waals surface area contributed by atoms with E-state index in [2.05, 4.69) is 15.9 Å². The first-order valence-electron chi connectivity index (χ1n) is 9.26. The van der Waals surface area contributed by atoms with Gasteiger partial charge in [0.25, 0.3) is 0 Å². The summed E-state index contributed by atoms with van der Waals surface area (Å²) < 4.78 is 0. The smallest absolute Gasteiger partial charge is 0.222 e. The Balaban J connectivity index is 1.64. The van der Waals surface area contributed by atoms with Crippen LogP contribution >= 0.6 is 11.6 Å². The largest absolute Gasteiger partial charge is 0.396 e. The lowest BCUT2D eigenvalue weighted by atomic mass is 9.85. The summed E-state index contributed by atoms with van der Waals surface area (Å²) in [6, 6.07) is 17.5. The number of nitrogens with two attached hydrogens (primary N) is 1. The van der Waals surface area contributed by atoms with Crippen LogP contribution in [0, 0.1) is 5.92 Å². The zero-order chi connectivity index (χ0) is 19.2. The van der Waals surface area contributed by atoms with Gasteiger partial charge >= 0.3 is 0 Å². The Morgan fingerprint density at radius 3 is 2.37 bits per heavy atom. The number of anilines is 1. The highest BCUT2D eigenvalue weighted by atomic mass is 35.5. The molecule has 2 aromatic rings. The van der Waals surface area contributed by atoms with Crippen molar-refractivity contribution in [3.8, 4) is 0 Å². The van der Waals surface area contributed by atoms with Crippen molar-refractivity contribution >= 4 is 23.2 Å². The molecule has 1 aliphatic heterocycles. The van der Waals surface area contributed by atoms with Crippen molar-refractivity contribution in [2.75, 3.05) is 44.2 Å². The molecule has 0 saturated carbocycles. The zero-order valence-electron chi connectivity index (χ0n) is 15.3. The van der Waals surface area contributed by atoms with Crippen molar-refractivity contribution < 1.29 is 9.90 Å². The van der Waals surface area contributed by atoms with Gasteiger partial charge in [0, 0.05) is 49.4 Å². The average Bonchev–Trinajstić information content (AvgIpc) is 2.69. The van der Waals surface area contributed by atoms with Gasteiger partial charge in [0.15, 0.2) is 0 Å². The number of halogens is 1. The summed E-state index contributed by atoms with van der Waals surface area (Å²) in [7, 11) is 0. The summed E-state index contributed by atoms with van der Waals surface area (Å²) in [4.78, 5) is 16.7. The number of piperazine rings is 1. The van der Waals surface area contributed by atoms with Gasteiger partial charge in [0.2, 0.25) is 5.91 Å². The molecule has 0 bridgehead atoms. The van der Waals surface area contributed by atoms with Crippen LogP contribution in [0.25, 0.3) is 0 Å². The first-order chi connectivity index (χ1) is 13.1. The third-order valence-corrected chi connectivity index (χ3v) is 5.51. The van der Waals surface area contributed by atoms with Crippen LogP contribution in [0.5, 0.6) is 0 Å². The molecule has 0 spiro atoms. The highest BCUT2D eigenvalue weighted by Gasteiger charge is 2.30. The van der Waals surface area contributed by atoms with Crippen LogP contribution in [0.4, 0.5) is 5.69 Å². The number of carbonyl (C=O) groups is 1. The number of hydrogen-bond acceptors (Lipinski definition) is 4. The Kier molecular flexibility index (Phi) is 6.72. The number of benzene rings is 2. The number of amides is 1. The van der Waals surface area contributed by atoms with Gasteiger partial charge in [0.1, 0.15) is 0 Å². The van der Waals surface area contributed by atoms with E-state index in [-0.39, 0.29) is 18.4 Å². The van der Waals surface area contributed by atoms with Gasteiger partial charge in [-0.15, -0.1) is 0 Å². The van der Waals surface area contributed by atoms with Crippen LogP contribution < -0.4 is 10.6 Å². The number of aliphatic hydroxyl groups is 1. The predicted octanol–water partition coefficient (Wildman–Crippen LogP) is 2.34. The second-order valence-electron chi connectivity index (χ2n) is 6.98. The zero-order valence-corrected chi connectivity index (χ0v) is 16.1. The van der Waals surface area contributed by atoms with Crippen molar-refractivity contribution in [2.24, 2.45) is 11.7 Å². The Labute approximate surface area is 165 Å². The van der Waals surface area contributed by atoms with E-state index >= 15 is 0 Å². The molecule has 2 atom stereocenters. The van der Waals surface area contributed by atoms with E-state index in [0.29, 0.717) is 6.54 Å². The number of primary amides is 1.